The average molecular weight is 564 g/mol. The summed E-state index contributed by atoms with van der Waals surface area (Å²) in [5, 5.41) is 0. The quantitative estimate of drug-likeness (QED) is 0.243. The Bertz CT molecular complexity index is 1050. The van der Waals surface area contributed by atoms with E-state index in [4.69, 9.17) is 24.7 Å². The third-order valence-electron chi connectivity index (χ3n) is 7.00. The van der Waals surface area contributed by atoms with Gasteiger partial charge in [-0.25, -0.2) is 0 Å². The summed E-state index contributed by atoms with van der Waals surface area (Å²) < 4.78 is 22.2. The monoisotopic (exact) mass is 563 g/mol. The Labute approximate surface area is 239 Å². The third kappa shape index (κ3) is 10.9. The fraction of sp³-hybridized carbons (Fsp3) is 0.677. The van der Waals surface area contributed by atoms with Crippen molar-refractivity contribution in [3.63, 3.8) is 0 Å². The molecule has 40 heavy (non-hydrogen) atoms. The van der Waals surface area contributed by atoms with Gasteiger partial charge in [0.05, 0.1) is 17.3 Å². The second-order valence-electron chi connectivity index (χ2n) is 12.9. The molecule has 0 heterocycles. The normalized spacial score (nSPS) is 14.5. The topological polar surface area (TPSA) is 131 Å². The number of benzene rings is 1. The Morgan fingerprint density at radius 1 is 0.775 bits per heavy atom. The van der Waals surface area contributed by atoms with Gasteiger partial charge in [0.15, 0.2) is 11.5 Å². The van der Waals surface area contributed by atoms with Gasteiger partial charge in [-0.05, 0) is 83.9 Å². The highest BCUT2D eigenvalue weighted by Crippen LogP contribution is 2.34. The fourth-order valence-electron chi connectivity index (χ4n) is 3.09. The second-order valence-corrected chi connectivity index (χ2v) is 12.9. The molecule has 226 valence electrons. The van der Waals surface area contributed by atoms with Crippen molar-refractivity contribution in [1.29, 1.82) is 0 Å². The summed E-state index contributed by atoms with van der Waals surface area (Å²) in [5.74, 6) is -1.81. The van der Waals surface area contributed by atoms with E-state index in [9.17, 15) is 19.2 Å². The van der Waals surface area contributed by atoms with Gasteiger partial charge in [0, 0.05) is 0 Å². The first-order valence-electron chi connectivity index (χ1n) is 14.0. The maximum absolute atomic E-state index is 12.8. The van der Waals surface area contributed by atoms with E-state index in [1.165, 1.54) is 6.07 Å². The molecule has 0 unspecified atom stereocenters. The van der Waals surface area contributed by atoms with Crippen molar-refractivity contribution in [2.75, 3.05) is 0 Å². The molecule has 0 radical (unpaired) electrons. The molecule has 1 aromatic rings. The average Bonchev–Trinajstić information content (AvgIpc) is 2.83. The SMILES string of the molecule is CCC(C)(C)C(=O)Oc1ccc(C[C@H](N)C(=O)O[C@@H](C)[C@H](C)OC(=O)CC(C)(C)C)cc1OC(=O)C(C)(C)CC. The molecule has 0 fully saturated rings. The minimum Gasteiger partial charge on any atom is -0.459 e. The van der Waals surface area contributed by atoms with E-state index in [0.717, 1.165) is 0 Å². The molecular formula is C31H49NO8. The molecule has 0 amide bonds. The number of ether oxygens (including phenoxy) is 4. The Kier molecular flexibility index (Phi) is 12.4. The van der Waals surface area contributed by atoms with Crippen molar-refractivity contribution < 1.29 is 38.1 Å². The minimum atomic E-state index is -1.04. The lowest BCUT2D eigenvalue weighted by molar-refractivity contribution is -0.167. The molecule has 0 aliphatic rings. The molecule has 0 spiro atoms. The lowest BCUT2D eigenvalue weighted by Gasteiger charge is -2.25. The first-order chi connectivity index (χ1) is 18.2. The molecule has 1 rings (SSSR count). The van der Waals surface area contributed by atoms with E-state index in [0.29, 0.717) is 18.4 Å². The van der Waals surface area contributed by atoms with Crippen molar-refractivity contribution in [2.24, 2.45) is 22.0 Å². The Morgan fingerprint density at radius 2 is 1.25 bits per heavy atom. The molecule has 0 saturated carbocycles. The molecule has 9 nitrogen and oxygen atoms in total. The van der Waals surface area contributed by atoms with Crippen LogP contribution in [0.5, 0.6) is 11.5 Å². The van der Waals surface area contributed by atoms with Crippen LogP contribution < -0.4 is 15.2 Å². The van der Waals surface area contributed by atoms with Gasteiger partial charge in [-0.1, -0.05) is 40.7 Å². The molecular weight excluding hydrogens is 514 g/mol. The Morgan fingerprint density at radius 3 is 1.73 bits per heavy atom. The predicted octanol–water partition coefficient (Wildman–Crippen LogP) is 5.54. The lowest BCUT2D eigenvalue weighted by atomic mass is 9.90. The van der Waals surface area contributed by atoms with Crippen molar-refractivity contribution in [1.82, 2.24) is 0 Å². The van der Waals surface area contributed by atoms with Gasteiger partial charge in [-0.2, -0.15) is 0 Å². The summed E-state index contributed by atoms with van der Waals surface area (Å²) >= 11 is 0. The summed E-state index contributed by atoms with van der Waals surface area (Å²) in [5.41, 5.74) is 5.00. The molecule has 0 aromatic heterocycles. The van der Waals surface area contributed by atoms with Crippen LogP contribution in [-0.4, -0.2) is 42.1 Å². The number of esters is 4. The number of hydrogen-bond acceptors (Lipinski definition) is 9. The van der Waals surface area contributed by atoms with Gasteiger partial charge in [0.2, 0.25) is 0 Å². The highest BCUT2D eigenvalue weighted by molar-refractivity contribution is 5.81. The van der Waals surface area contributed by atoms with Gasteiger partial charge in [-0.3, -0.25) is 19.2 Å². The van der Waals surface area contributed by atoms with Crippen molar-refractivity contribution in [2.45, 2.75) is 120 Å². The van der Waals surface area contributed by atoms with Gasteiger partial charge in [-0.15, -0.1) is 0 Å². The van der Waals surface area contributed by atoms with Crippen molar-refractivity contribution >= 4 is 23.9 Å². The molecule has 0 aliphatic carbocycles. The minimum absolute atomic E-state index is 0.0672. The standard InChI is InChI=1S/C31H49NO8/c1-12-30(8,9)27(35)39-23-15-14-21(17-24(23)40-28(36)31(10,11)13-2)16-22(32)26(34)38-20(4)19(3)37-25(33)18-29(5,6)7/h14-15,17,19-20,22H,12-13,16,18,32H2,1-11H3/t19-,20-,22-/m0/s1. The van der Waals surface area contributed by atoms with E-state index in [2.05, 4.69) is 0 Å². The van der Waals surface area contributed by atoms with E-state index >= 15 is 0 Å². The zero-order chi connectivity index (χ0) is 31.1. The lowest BCUT2D eigenvalue weighted by Crippen LogP contribution is -2.39. The van der Waals surface area contributed by atoms with E-state index in [1.54, 1.807) is 53.7 Å². The number of hydrogen-bond donors (Lipinski definition) is 1. The summed E-state index contributed by atoms with van der Waals surface area (Å²) in [6.45, 7) is 19.9. The highest BCUT2D eigenvalue weighted by Gasteiger charge is 2.32. The van der Waals surface area contributed by atoms with Crippen LogP contribution in [0.25, 0.3) is 0 Å². The first kappa shape index (κ1) is 35.1. The highest BCUT2D eigenvalue weighted by atomic mass is 16.6. The Hall–Kier alpha value is -2.94. The van der Waals surface area contributed by atoms with Gasteiger partial charge < -0.3 is 24.7 Å². The fourth-order valence-corrected chi connectivity index (χ4v) is 3.09. The summed E-state index contributed by atoms with van der Waals surface area (Å²) in [6, 6.07) is 3.68. The third-order valence-corrected chi connectivity index (χ3v) is 7.00. The van der Waals surface area contributed by atoms with Crippen LogP contribution in [0.2, 0.25) is 0 Å². The Balaban J connectivity index is 3.05. The first-order valence-corrected chi connectivity index (χ1v) is 14.0. The van der Waals surface area contributed by atoms with Crippen LogP contribution in [0.4, 0.5) is 0 Å². The number of carbonyl (C=O) groups excluding carboxylic acids is 4. The van der Waals surface area contributed by atoms with E-state index < -0.39 is 47.0 Å². The summed E-state index contributed by atoms with van der Waals surface area (Å²) in [6.07, 6.45) is 0.0502. The molecule has 3 atom stereocenters. The van der Waals surface area contributed by atoms with Crippen LogP contribution in [0.1, 0.15) is 101 Å². The van der Waals surface area contributed by atoms with E-state index in [1.807, 2.05) is 34.6 Å². The summed E-state index contributed by atoms with van der Waals surface area (Å²) in [4.78, 5) is 50.4. The maximum Gasteiger partial charge on any atom is 0.323 e. The van der Waals surface area contributed by atoms with Crippen LogP contribution in [-0.2, 0) is 35.1 Å². The molecule has 0 bridgehead atoms. The van der Waals surface area contributed by atoms with Crippen molar-refractivity contribution in [3.05, 3.63) is 23.8 Å². The van der Waals surface area contributed by atoms with Crippen LogP contribution in [0, 0.1) is 16.2 Å². The molecule has 0 saturated heterocycles. The van der Waals surface area contributed by atoms with Gasteiger partial charge in [0.1, 0.15) is 18.2 Å². The number of carbonyl (C=O) groups is 4. The van der Waals surface area contributed by atoms with Crippen LogP contribution >= 0.6 is 0 Å². The second kappa shape index (κ2) is 14.1. The smallest absolute Gasteiger partial charge is 0.323 e. The molecule has 9 heteroatoms. The largest absolute Gasteiger partial charge is 0.459 e. The molecule has 2 N–H and O–H groups in total. The molecule has 0 aliphatic heterocycles. The zero-order valence-electron chi connectivity index (χ0n) is 26.1. The van der Waals surface area contributed by atoms with Gasteiger partial charge in [0.25, 0.3) is 0 Å². The van der Waals surface area contributed by atoms with Crippen LogP contribution in [0.3, 0.4) is 0 Å². The predicted molar refractivity (Wildman–Crippen MR) is 153 cm³/mol. The van der Waals surface area contributed by atoms with E-state index in [-0.39, 0.29) is 35.7 Å². The zero-order valence-corrected chi connectivity index (χ0v) is 26.1. The summed E-state index contributed by atoms with van der Waals surface area (Å²) in [7, 11) is 0. The van der Waals surface area contributed by atoms with Crippen LogP contribution in [0.15, 0.2) is 18.2 Å². The molecule has 1 aromatic carbocycles. The number of rotatable bonds is 13. The van der Waals surface area contributed by atoms with Crippen molar-refractivity contribution in [3.8, 4) is 11.5 Å². The maximum atomic E-state index is 12.8. The van der Waals surface area contributed by atoms with Gasteiger partial charge >= 0.3 is 23.9 Å². The number of nitrogens with two attached hydrogens (primary N) is 1.